The molecule has 3 heterocycles. The third-order valence-corrected chi connectivity index (χ3v) is 9.10. The van der Waals surface area contributed by atoms with Crippen molar-refractivity contribution in [2.24, 2.45) is 0 Å². The van der Waals surface area contributed by atoms with Gasteiger partial charge in [0.15, 0.2) is 0 Å². The number of para-hydroxylation sites is 1. The molecule has 0 saturated carbocycles. The van der Waals surface area contributed by atoms with Crippen LogP contribution in [0.25, 0.3) is 98.6 Å². The van der Waals surface area contributed by atoms with Crippen LogP contribution in [0.4, 0.5) is 0 Å². The van der Waals surface area contributed by atoms with Crippen LogP contribution in [-0.2, 0) is 0 Å². The summed E-state index contributed by atoms with van der Waals surface area (Å²) in [4.78, 5) is 4.98. The van der Waals surface area contributed by atoms with Crippen LogP contribution >= 0.6 is 0 Å². The molecule has 0 radical (unpaired) electrons. The Hall–Kier alpha value is -5.93. The first-order valence-electron chi connectivity index (χ1n) is 14.9. The molecule has 0 bridgehead atoms. The topological polar surface area (TPSA) is 39.2 Å². The Bertz CT molecular complexity index is 2720. The first-order chi connectivity index (χ1) is 21.8. The first-order valence-corrected chi connectivity index (χ1v) is 14.9. The van der Waals surface area contributed by atoms with Crippen LogP contribution in [0, 0.1) is 0 Å². The van der Waals surface area contributed by atoms with E-state index in [0.717, 1.165) is 66.1 Å². The smallest absolute Gasteiger partial charge is 0.136 e. The molecule has 0 aliphatic carbocycles. The Morgan fingerprint density at radius 1 is 0.386 bits per heavy atom. The number of hydrogen-bond acceptors (Lipinski definition) is 3. The number of rotatable bonds is 2. The summed E-state index contributed by atoms with van der Waals surface area (Å²) >= 11 is 0. The molecule has 0 spiro atoms. The standard InChI is InChI=1S/C41H23NO2/c1-2-10-26-24(9-1)21-22-42-41(26)38-29-13-5-3-11-27(29)37(28-12-4-6-14-30(28)38)25-17-18-34-32(23-25)40-36(44-34)20-19-35-39(40)31-15-7-8-16-33(31)43-35/h1-23H. The van der Waals surface area contributed by atoms with E-state index in [1.807, 2.05) is 30.5 Å². The zero-order valence-electron chi connectivity index (χ0n) is 23.5. The number of furan rings is 2. The van der Waals surface area contributed by atoms with Gasteiger partial charge in [0.25, 0.3) is 0 Å². The molecule has 0 amide bonds. The molecule has 0 aliphatic heterocycles. The second kappa shape index (κ2) is 8.79. The molecule has 0 saturated heterocycles. The van der Waals surface area contributed by atoms with E-state index < -0.39 is 0 Å². The number of aromatic nitrogens is 1. The number of hydrogen-bond donors (Lipinski definition) is 0. The summed E-state index contributed by atoms with van der Waals surface area (Å²) < 4.78 is 12.7. The van der Waals surface area contributed by atoms with E-state index in [-0.39, 0.29) is 0 Å². The predicted molar refractivity (Wildman–Crippen MR) is 182 cm³/mol. The van der Waals surface area contributed by atoms with Crippen molar-refractivity contribution in [3.63, 3.8) is 0 Å². The van der Waals surface area contributed by atoms with Crippen molar-refractivity contribution < 1.29 is 8.83 Å². The van der Waals surface area contributed by atoms with Crippen molar-refractivity contribution in [2.45, 2.75) is 0 Å². The maximum atomic E-state index is 6.41. The summed E-state index contributed by atoms with van der Waals surface area (Å²) in [6.45, 7) is 0. The minimum absolute atomic E-state index is 0.864. The van der Waals surface area contributed by atoms with E-state index in [4.69, 9.17) is 13.8 Å². The highest BCUT2D eigenvalue weighted by Crippen LogP contribution is 2.46. The van der Waals surface area contributed by atoms with Crippen LogP contribution < -0.4 is 0 Å². The van der Waals surface area contributed by atoms with Gasteiger partial charge in [-0.3, -0.25) is 4.98 Å². The average molecular weight is 562 g/mol. The lowest BCUT2D eigenvalue weighted by Gasteiger charge is -2.18. The van der Waals surface area contributed by atoms with Crippen molar-refractivity contribution in [2.75, 3.05) is 0 Å². The van der Waals surface area contributed by atoms with E-state index in [0.29, 0.717) is 0 Å². The fraction of sp³-hybridized carbons (Fsp3) is 0. The summed E-state index contributed by atoms with van der Waals surface area (Å²) in [5.74, 6) is 0. The van der Waals surface area contributed by atoms with Gasteiger partial charge in [0.1, 0.15) is 22.3 Å². The van der Waals surface area contributed by atoms with Crippen LogP contribution in [0.15, 0.2) is 148 Å². The first kappa shape index (κ1) is 23.6. The van der Waals surface area contributed by atoms with E-state index >= 15 is 0 Å². The number of pyridine rings is 1. The number of nitrogens with zero attached hydrogens (tertiary/aromatic N) is 1. The Balaban J connectivity index is 1.33. The van der Waals surface area contributed by atoms with Gasteiger partial charge in [-0.2, -0.15) is 0 Å². The second-order valence-corrected chi connectivity index (χ2v) is 11.4. The minimum Gasteiger partial charge on any atom is -0.456 e. The maximum absolute atomic E-state index is 6.41. The highest BCUT2D eigenvalue weighted by molar-refractivity contribution is 6.27. The van der Waals surface area contributed by atoms with Crippen LogP contribution in [0.2, 0.25) is 0 Å². The van der Waals surface area contributed by atoms with Crippen molar-refractivity contribution >= 4 is 76.2 Å². The molecular formula is C41H23NO2. The predicted octanol–water partition coefficient (Wildman–Crippen LogP) is 11.7. The van der Waals surface area contributed by atoms with Crippen LogP contribution in [-0.4, -0.2) is 4.98 Å². The average Bonchev–Trinajstić information content (AvgIpc) is 3.64. The lowest BCUT2D eigenvalue weighted by molar-refractivity contribution is 0.663. The van der Waals surface area contributed by atoms with Gasteiger partial charge in [-0.25, -0.2) is 0 Å². The van der Waals surface area contributed by atoms with Gasteiger partial charge < -0.3 is 8.83 Å². The lowest BCUT2D eigenvalue weighted by Crippen LogP contribution is -1.93. The van der Waals surface area contributed by atoms with E-state index in [1.54, 1.807) is 0 Å². The fourth-order valence-electron chi connectivity index (χ4n) is 7.25. The molecule has 10 aromatic rings. The fourth-order valence-corrected chi connectivity index (χ4v) is 7.25. The molecule has 0 unspecified atom stereocenters. The van der Waals surface area contributed by atoms with Crippen LogP contribution in [0.1, 0.15) is 0 Å². The quantitative estimate of drug-likeness (QED) is 0.197. The lowest BCUT2D eigenvalue weighted by atomic mass is 9.86. The molecule has 3 aromatic heterocycles. The molecular weight excluding hydrogens is 538 g/mol. The van der Waals surface area contributed by atoms with Gasteiger partial charge >= 0.3 is 0 Å². The highest BCUT2D eigenvalue weighted by Gasteiger charge is 2.21. The zero-order valence-corrected chi connectivity index (χ0v) is 23.5. The minimum atomic E-state index is 0.864. The van der Waals surface area contributed by atoms with Gasteiger partial charge in [-0.15, -0.1) is 0 Å². The summed E-state index contributed by atoms with van der Waals surface area (Å²) in [5, 5.41) is 11.5. The van der Waals surface area contributed by atoms with Gasteiger partial charge in [0, 0.05) is 38.7 Å². The van der Waals surface area contributed by atoms with Gasteiger partial charge in [0.2, 0.25) is 0 Å². The molecule has 10 rings (SSSR count). The molecule has 3 nitrogen and oxygen atoms in total. The third-order valence-electron chi connectivity index (χ3n) is 9.10. The van der Waals surface area contributed by atoms with Crippen LogP contribution in [0.5, 0.6) is 0 Å². The summed E-state index contributed by atoms with van der Waals surface area (Å²) in [6.07, 6.45) is 1.92. The highest BCUT2D eigenvalue weighted by atomic mass is 16.3. The largest absolute Gasteiger partial charge is 0.456 e. The normalized spacial score (nSPS) is 12.1. The monoisotopic (exact) mass is 561 g/mol. The zero-order chi connectivity index (χ0) is 28.8. The van der Waals surface area contributed by atoms with Gasteiger partial charge in [-0.1, -0.05) is 97.1 Å². The molecule has 3 heteroatoms. The Morgan fingerprint density at radius 3 is 1.61 bits per heavy atom. The van der Waals surface area contributed by atoms with Crippen LogP contribution in [0.3, 0.4) is 0 Å². The molecule has 0 N–H and O–H groups in total. The van der Waals surface area contributed by atoms with Gasteiger partial charge in [0.05, 0.1) is 5.69 Å². The molecule has 0 aliphatic rings. The SMILES string of the molecule is c1ccc2c(-c3c4ccccc4c(-c4ccc5oc6ccc7oc8ccccc8c7c6c5c4)c4ccccc34)nccc2c1. The Kier molecular flexibility index (Phi) is 4.72. The summed E-state index contributed by atoms with van der Waals surface area (Å²) in [6, 6.07) is 46.9. The Morgan fingerprint density at radius 2 is 0.909 bits per heavy atom. The number of fused-ring (bicyclic) bond motifs is 10. The summed E-state index contributed by atoms with van der Waals surface area (Å²) in [7, 11) is 0. The van der Waals surface area contributed by atoms with Gasteiger partial charge in [-0.05, 0) is 74.5 Å². The molecule has 0 atom stereocenters. The van der Waals surface area contributed by atoms with Crippen molar-refractivity contribution in [1.82, 2.24) is 4.98 Å². The van der Waals surface area contributed by atoms with E-state index in [2.05, 4.69) is 109 Å². The Labute approximate surface area is 251 Å². The second-order valence-electron chi connectivity index (χ2n) is 11.4. The van der Waals surface area contributed by atoms with Crippen molar-refractivity contribution in [1.29, 1.82) is 0 Å². The van der Waals surface area contributed by atoms with Crippen molar-refractivity contribution in [3.05, 3.63) is 140 Å². The summed E-state index contributed by atoms with van der Waals surface area (Å²) in [5.41, 5.74) is 8.01. The molecule has 0 fully saturated rings. The maximum Gasteiger partial charge on any atom is 0.136 e. The van der Waals surface area contributed by atoms with Crippen molar-refractivity contribution in [3.8, 4) is 22.4 Å². The molecule has 7 aromatic carbocycles. The van der Waals surface area contributed by atoms with E-state index in [1.165, 1.54) is 32.5 Å². The van der Waals surface area contributed by atoms with E-state index in [9.17, 15) is 0 Å². The number of benzene rings is 7. The molecule has 204 valence electrons. The molecule has 44 heavy (non-hydrogen) atoms. The third kappa shape index (κ3) is 3.18.